The molecule has 7 heteroatoms. The van der Waals surface area contributed by atoms with Gasteiger partial charge in [-0.15, -0.1) is 11.3 Å². The van der Waals surface area contributed by atoms with Gasteiger partial charge in [-0.1, -0.05) is 17.7 Å². The minimum absolute atomic E-state index is 0.119. The van der Waals surface area contributed by atoms with Gasteiger partial charge in [0.2, 0.25) is 6.79 Å². The van der Waals surface area contributed by atoms with Crippen molar-refractivity contribution in [3.05, 3.63) is 50.7 Å². The molecule has 0 radical (unpaired) electrons. The smallest absolute Gasteiger partial charge is 0.345 e. The summed E-state index contributed by atoms with van der Waals surface area (Å²) in [5, 5.41) is 9.26. The fourth-order valence-electron chi connectivity index (χ4n) is 1.92. The Balaban J connectivity index is 1.80. The van der Waals surface area contributed by atoms with Crippen molar-refractivity contribution in [1.29, 1.82) is 0 Å². The topological polar surface area (TPSA) is 72.8 Å². The van der Waals surface area contributed by atoms with Crippen LogP contribution in [0.1, 0.15) is 24.9 Å². The van der Waals surface area contributed by atoms with E-state index in [1.165, 1.54) is 18.2 Å². The summed E-state index contributed by atoms with van der Waals surface area (Å²) >= 11 is 6.99. The summed E-state index contributed by atoms with van der Waals surface area (Å²) in [4.78, 5) is 23.3. The molecule has 22 heavy (non-hydrogen) atoms. The van der Waals surface area contributed by atoms with Crippen LogP contribution < -0.4 is 9.47 Å². The summed E-state index contributed by atoms with van der Waals surface area (Å²) in [6.07, 6.45) is 2.96. The van der Waals surface area contributed by atoms with Crippen molar-refractivity contribution < 1.29 is 24.2 Å². The number of benzene rings is 1. The highest BCUT2D eigenvalue weighted by Crippen LogP contribution is 2.40. The number of allylic oxidation sites excluding steroid dienone is 1. The molecule has 1 N–H and O–H groups in total. The first-order valence-electron chi connectivity index (χ1n) is 6.19. The lowest BCUT2D eigenvalue weighted by Crippen LogP contribution is -1.93. The lowest BCUT2D eigenvalue weighted by Gasteiger charge is -2.00. The standard InChI is InChI=1S/C15H9ClO5S/c16-9-5-8(6-11-14(9)21-7-20-11)1-2-10(17)12-3-4-13(22-12)15(18)19/h1-6H,7H2,(H,18,19)/b2-1+. The first kappa shape index (κ1) is 14.6. The number of aromatic carboxylic acids is 1. The van der Waals surface area contributed by atoms with Crippen molar-refractivity contribution in [3.8, 4) is 11.5 Å². The second-order valence-corrected chi connectivity index (χ2v) is 5.89. The number of fused-ring (bicyclic) bond motifs is 1. The predicted molar refractivity (Wildman–Crippen MR) is 82.2 cm³/mol. The van der Waals surface area contributed by atoms with Crippen LogP contribution in [0.25, 0.3) is 6.08 Å². The molecule has 0 aliphatic carbocycles. The van der Waals surface area contributed by atoms with E-state index >= 15 is 0 Å². The molecule has 1 aromatic heterocycles. The van der Waals surface area contributed by atoms with Gasteiger partial charge in [0.25, 0.3) is 0 Å². The monoisotopic (exact) mass is 336 g/mol. The van der Waals surface area contributed by atoms with Crippen LogP contribution in [0.15, 0.2) is 30.3 Å². The lowest BCUT2D eigenvalue weighted by atomic mass is 10.1. The molecule has 0 fully saturated rings. The Morgan fingerprint density at radius 1 is 1.23 bits per heavy atom. The Bertz CT molecular complexity index is 793. The Hall–Kier alpha value is -2.31. The maximum absolute atomic E-state index is 12.0. The van der Waals surface area contributed by atoms with Crippen molar-refractivity contribution in [1.82, 2.24) is 0 Å². The first-order valence-corrected chi connectivity index (χ1v) is 7.39. The second-order valence-electron chi connectivity index (χ2n) is 4.40. The fraction of sp³-hybridized carbons (Fsp3) is 0.0667. The zero-order valence-corrected chi connectivity index (χ0v) is 12.6. The maximum atomic E-state index is 12.0. The summed E-state index contributed by atoms with van der Waals surface area (Å²) in [5.74, 6) is -0.291. The van der Waals surface area contributed by atoms with Gasteiger partial charge in [-0.3, -0.25) is 4.79 Å². The summed E-state index contributed by atoms with van der Waals surface area (Å²) < 4.78 is 10.5. The number of halogens is 1. The van der Waals surface area contributed by atoms with E-state index in [0.29, 0.717) is 27.0 Å². The quantitative estimate of drug-likeness (QED) is 0.680. The molecule has 0 amide bonds. The Labute approximate surface area is 134 Å². The van der Waals surface area contributed by atoms with Crippen molar-refractivity contribution >= 4 is 40.8 Å². The molecule has 0 atom stereocenters. The zero-order valence-electron chi connectivity index (χ0n) is 11.0. The van der Waals surface area contributed by atoms with Gasteiger partial charge in [-0.25, -0.2) is 4.79 Å². The third-order valence-corrected chi connectivity index (χ3v) is 4.30. The number of carbonyl (C=O) groups is 2. The van der Waals surface area contributed by atoms with Crippen LogP contribution in [-0.4, -0.2) is 23.7 Å². The summed E-state index contributed by atoms with van der Waals surface area (Å²) in [6, 6.07) is 6.28. The molecule has 0 saturated heterocycles. The van der Waals surface area contributed by atoms with E-state index in [0.717, 1.165) is 11.3 Å². The second kappa shape index (κ2) is 5.82. The summed E-state index contributed by atoms with van der Waals surface area (Å²) in [6.45, 7) is 0.119. The van der Waals surface area contributed by atoms with E-state index in [2.05, 4.69) is 0 Å². The minimum atomic E-state index is -1.05. The Morgan fingerprint density at radius 2 is 2.00 bits per heavy atom. The third kappa shape index (κ3) is 2.84. The third-order valence-electron chi connectivity index (χ3n) is 2.94. The molecule has 2 heterocycles. The van der Waals surface area contributed by atoms with E-state index < -0.39 is 5.97 Å². The summed E-state index contributed by atoms with van der Waals surface area (Å²) in [7, 11) is 0. The van der Waals surface area contributed by atoms with Crippen LogP contribution in [0, 0.1) is 0 Å². The average Bonchev–Trinajstić information content (AvgIpc) is 3.13. The molecule has 0 spiro atoms. The molecule has 1 aromatic carbocycles. The normalized spacial score (nSPS) is 12.8. The first-order chi connectivity index (χ1) is 10.5. The van der Waals surface area contributed by atoms with Crippen molar-refractivity contribution in [2.45, 2.75) is 0 Å². The zero-order chi connectivity index (χ0) is 15.7. The summed E-state index contributed by atoms with van der Waals surface area (Å²) in [5.41, 5.74) is 0.692. The number of carbonyl (C=O) groups excluding carboxylic acids is 1. The Morgan fingerprint density at radius 3 is 2.73 bits per heavy atom. The molecule has 0 bridgehead atoms. The molecule has 112 valence electrons. The predicted octanol–water partition coefficient (Wildman–Crippen LogP) is 3.72. The number of thiophene rings is 1. The van der Waals surface area contributed by atoms with Crippen molar-refractivity contribution in [2.24, 2.45) is 0 Å². The van der Waals surface area contributed by atoms with Crippen molar-refractivity contribution in [2.75, 3.05) is 6.79 Å². The SMILES string of the molecule is O=C(O)c1ccc(C(=O)/C=C/c2cc(Cl)c3c(c2)OCO3)s1. The van der Waals surface area contributed by atoms with Crippen LogP contribution in [0.2, 0.25) is 5.02 Å². The number of carboxylic acid groups (broad SMARTS) is 1. The highest BCUT2D eigenvalue weighted by Gasteiger charge is 2.17. The van der Waals surface area contributed by atoms with Crippen LogP contribution in [0.4, 0.5) is 0 Å². The number of rotatable bonds is 4. The Kier molecular flexibility index (Phi) is 3.87. The molecular weight excluding hydrogens is 328 g/mol. The molecule has 2 aromatic rings. The van der Waals surface area contributed by atoms with Gasteiger partial charge in [-0.2, -0.15) is 0 Å². The van der Waals surface area contributed by atoms with Gasteiger partial charge in [0.05, 0.1) is 9.90 Å². The van der Waals surface area contributed by atoms with E-state index in [-0.39, 0.29) is 17.5 Å². The molecule has 5 nitrogen and oxygen atoms in total. The number of ether oxygens (including phenoxy) is 2. The number of carboxylic acids is 1. The average molecular weight is 337 g/mol. The van der Waals surface area contributed by atoms with E-state index in [1.807, 2.05) is 0 Å². The van der Waals surface area contributed by atoms with Crippen LogP contribution in [0.5, 0.6) is 11.5 Å². The van der Waals surface area contributed by atoms with Gasteiger partial charge < -0.3 is 14.6 Å². The van der Waals surface area contributed by atoms with Crippen LogP contribution in [-0.2, 0) is 0 Å². The largest absolute Gasteiger partial charge is 0.477 e. The number of hydrogen-bond acceptors (Lipinski definition) is 5. The van der Waals surface area contributed by atoms with Gasteiger partial charge >= 0.3 is 5.97 Å². The van der Waals surface area contributed by atoms with Crippen LogP contribution >= 0.6 is 22.9 Å². The molecule has 1 aliphatic heterocycles. The van der Waals surface area contributed by atoms with Crippen molar-refractivity contribution in [3.63, 3.8) is 0 Å². The van der Waals surface area contributed by atoms with E-state index in [9.17, 15) is 9.59 Å². The fourth-order valence-corrected chi connectivity index (χ4v) is 2.96. The number of ketones is 1. The highest BCUT2D eigenvalue weighted by molar-refractivity contribution is 7.16. The van der Waals surface area contributed by atoms with E-state index in [1.54, 1.807) is 18.2 Å². The van der Waals surface area contributed by atoms with Gasteiger partial charge in [0.15, 0.2) is 17.3 Å². The van der Waals surface area contributed by atoms with Gasteiger partial charge in [0.1, 0.15) is 4.88 Å². The molecule has 0 unspecified atom stereocenters. The highest BCUT2D eigenvalue weighted by atomic mass is 35.5. The minimum Gasteiger partial charge on any atom is -0.477 e. The maximum Gasteiger partial charge on any atom is 0.345 e. The lowest BCUT2D eigenvalue weighted by molar-refractivity contribution is 0.0702. The number of hydrogen-bond donors (Lipinski definition) is 1. The molecule has 1 aliphatic rings. The molecule has 0 saturated carbocycles. The molecular formula is C15H9ClO5S. The van der Waals surface area contributed by atoms with Crippen LogP contribution in [0.3, 0.4) is 0 Å². The van der Waals surface area contributed by atoms with Gasteiger partial charge in [-0.05, 0) is 35.9 Å². The van der Waals surface area contributed by atoms with Gasteiger partial charge in [0, 0.05) is 0 Å². The van der Waals surface area contributed by atoms with E-state index in [4.69, 9.17) is 26.2 Å². The molecule has 3 rings (SSSR count).